The molecule has 0 aliphatic heterocycles. The molecule has 2 nitrogen and oxygen atoms in total. The Morgan fingerprint density at radius 2 is 1.12 bits per heavy atom. The Morgan fingerprint density at radius 3 is 1.53 bits per heavy atom. The van der Waals surface area contributed by atoms with Crippen molar-refractivity contribution in [2.75, 3.05) is 13.2 Å². The molecule has 2 heteroatoms. The van der Waals surface area contributed by atoms with Crippen LogP contribution in [0.5, 0.6) is 0 Å². The van der Waals surface area contributed by atoms with Crippen LogP contribution < -0.4 is 0 Å². The van der Waals surface area contributed by atoms with Gasteiger partial charge in [0.1, 0.15) is 0 Å². The molecule has 0 rings (SSSR count). The average molecular weight is 244 g/mol. The Labute approximate surface area is 107 Å². The van der Waals surface area contributed by atoms with Crippen LogP contribution in [0.3, 0.4) is 0 Å². The van der Waals surface area contributed by atoms with Gasteiger partial charge in [0.2, 0.25) is 0 Å². The van der Waals surface area contributed by atoms with Crippen LogP contribution in [0.15, 0.2) is 0 Å². The van der Waals surface area contributed by atoms with Crippen LogP contribution in [0.2, 0.25) is 0 Å². The summed E-state index contributed by atoms with van der Waals surface area (Å²) in [7, 11) is 0. The number of unbranched alkanes of at least 4 members (excludes halogenated alkanes) is 5. The van der Waals surface area contributed by atoms with Crippen LogP contribution in [-0.4, -0.2) is 23.4 Å². The number of aliphatic hydroxyl groups excluding tert-OH is 2. The molecule has 0 aromatic rings. The highest BCUT2D eigenvalue weighted by molar-refractivity contribution is 4.61. The van der Waals surface area contributed by atoms with E-state index < -0.39 is 0 Å². The topological polar surface area (TPSA) is 40.5 Å². The Balaban J connectivity index is 3.56. The maximum Gasteiger partial charge on any atom is 0.0431 e. The Morgan fingerprint density at radius 1 is 0.647 bits per heavy atom. The Hall–Kier alpha value is -0.0800. The SMILES string of the molecule is CCCCC(CCCCCO)CCCCCO. The lowest BCUT2D eigenvalue weighted by molar-refractivity contribution is 0.273. The predicted molar refractivity (Wildman–Crippen MR) is 74.1 cm³/mol. The summed E-state index contributed by atoms with van der Waals surface area (Å²) in [6.07, 6.45) is 13.5. The van der Waals surface area contributed by atoms with Crippen LogP contribution >= 0.6 is 0 Å². The molecule has 0 aromatic carbocycles. The lowest BCUT2D eigenvalue weighted by Crippen LogP contribution is -2.01. The lowest BCUT2D eigenvalue weighted by atomic mass is 9.90. The van der Waals surface area contributed by atoms with Crippen LogP contribution in [0.25, 0.3) is 0 Å². The highest BCUT2D eigenvalue weighted by atomic mass is 16.3. The van der Waals surface area contributed by atoms with E-state index in [1.165, 1.54) is 57.8 Å². The third kappa shape index (κ3) is 12.2. The second-order valence-electron chi connectivity index (χ2n) is 5.15. The summed E-state index contributed by atoms with van der Waals surface area (Å²) in [5.41, 5.74) is 0. The second-order valence-corrected chi connectivity index (χ2v) is 5.15. The van der Waals surface area contributed by atoms with Gasteiger partial charge in [-0.1, -0.05) is 64.7 Å². The minimum Gasteiger partial charge on any atom is -0.396 e. The summed E-state index contributed by atoms with van der Waals surface area (Å²) < 4.78 is 0. The average Bonchev–Trinajstić information content (AvgIpc) is 2.35. The van der Waals surface area contributed by atoms with Gasteiger partial charge in [0.15, 0.2) is 0 Å². The normalized spacial score (nSPS) is 11.3. The highest BCUT2D eigenvalue weighted by Crippen LogP contribution is 2.22. The molecule has 0 bridgehead atoms. The van der Waals surface area contributed by atoms with Crippen molar-refractivity contribution in [3.8, 4) is 0 Å². The van der Waals surface area contributed by atoms with Gasteiger partial charge in [-0.2, -0.15) is 0 Å². The molecule has 0 saturated heterocycles. The zero-order chi connectivity index (χ0) is 12.8. The van der Waals surface area contributed by atoms with Crippen LogP contribution in [0, 0.1) is 5.92 Å². The fourth-order valence-electron chi connectivity index (χ4n) is 2.37. The van der Waals surface area contributed by atoms with E-state index in [9.17, 15) is 0 Å². The van der Waals surface area contributed by atoms with Gasteiger partial charge in [-0.3, -0.25) is 0 Å². The van der Waals surface area contributed by atoms with E-state index in [2.05, 4.69) is 6.92 Å². The number of rotatable bonds is 13. The zero-order valence-corrected chi connectivity index (χ0v) is 11.7. The van der Waals surface area contributed by atoms with Crippen molar-refractivity contribution < 1.29 is 10.2 Å². The third-order valence-corrected chi connectivity index (χ3v) is 3.51. The van der Waals surface area contributed by atoms with Crippen molar-refractivity contribution >= 4 is 0 Å². The summed E-state index contributed by atoms with van der Waals surface area (Å²) in [5.74, 6) is 0.882. The molecular weight excluding hydrogens is 212 g/mol. The van der Waals surface area contributed by atoms with Crippen molar-refractivity contribution in [1.82, 2.24) is 0 Å². The number of hydrogen-bond acceptors (Lipinski definition) is 2. The molecule has 0 spiro atoms. The number of aliphatic hydroxyl groups is 2. The van der Waals surface area contributed by atoms with E-state index in [-0.39, 0.29) is 0 Å². The minimum absolute atomic E-state index is 0.343. The number of hydrogen-bond donors (Lipinski definition) is 2. The maximum atomic E-state index is 8.75. The minimum atomic E-state index is 0.343. The van der Waals surface area contributed by atoms with Gasteiger partial charge in [-0.05, 0) is 18.8 Å². The summed E-state index contributed by atoms with van der Waals surface area (Å²) in [6.45, 7) is 2.95. The molecule has 0 aromatic heterocycles. The first-order valence-electron chi connectivity index (χ1n) is 7.56. The molecule has 0 fully saturated rings. The van der Waals surface area contributed by atoms with Gasteiger partial charge in [0, 0.05) is 13.2 Å². The molecule has 104 valence electrons. The van der Waals surface area contributed by atoms with Crippen LogP contribution in [0.1, 0.15) is 77.6 Å². The van der Waals surface area contributed by atoms with Gasteiger partial charge in [-0.15, -0.1) is 0 Å². The smallest absolute Gasteiger partial charge is 0.0431 e. The monoisotopic (exact) mass is 244 g/mol. The lowest BCUT2D eigenvalue weighted by Gasteiger charge is -2.16. The molecular formula is C15H32O2. The summed E-state index contributed by atoms with van der Waals surface area (Å²) in [5, 5.41) is 17.5. The first-order valence-corrected chi connectivity index (χ1v) is 7.56. The van der Waals surface area contributed by atoms with Crippen molar-refractivity contribution in [2.24, 2.45) is 5.92 Å². The van der Waals surface area contributed by atoms with Gasteiger partial charge in [0.25, 0.3) is 0 Å². The van der Waals surface area contributed by atoms with Gasteiger partial charge in [0.05, 0.1) is 0 Å². The van der Waals surface area contributed by atoms with Crippen LogP contribution in [-0.2, 0) is 0 Å². The fraction of sp³-hybridized carbons (Fsp3) is 1.00. The van der Waals surface area contributed by atoms with Crippen molar-refractivity contribution in [2.45, 2.75) is 77.6 Å². The first-order chi connectivity index (χ1) is 8.35. The molecule has 0 aliphatic carbocycles. The molecule has 0 atom stereocenters. The summed E-state index contributed by atoms with van der Waals surface area (Å²) in [6, 6.07) is 0. The molecule has 0 aliphatic rings. The van der Waals surface area contributed by atoms with Crippen molar-refractivity contribution in [3.63, 3.8) is 0 Å². The van der Waals surface area contributed by atoms with Gasteiger partial charge >= 0.3 is 0 Å². The van der Waals surface area contributed by atoms with E-state index in [4.69, 9.17) is 10.2 Å². The maximum absolute atomic E-state index is 8.75. The third-order valence-electron chi connectivity index (χ3n) is 3.51. The Bertz CT molecular complexity index is 125. The van der Waals surface area contributed by atoms with E-state index in [0.717, 1.165) is 18.8 Å². The second kappa shape index (κ2) is 14.0. The largest absolute Gasteiger partial charge is 0.396 e. The zero-order valence-electron chi connectivity index (χ0n) is 11.7. The molecule has 0 amide bonds. The van der Waals surface area contributed by atoms with Gasteiger partial charge in [-0.25, -0.2) is 0 Å². The molecule has 0 unspecified atom stereocenters. The highest BCUT2D eigenvalue weighted by Gasteiger charge is 2.07. The van der Waals surface area contributed by atoms with E-state index in [1.54, 1.807) is 0 Å². The van der Waals surface area contributed by atoms with Crippen molar-refractivity contribution in [1.29, 1.82) is 0 Å². The molecule has 0 saturated carbocycles. The fourth-order valence-corrected chi connectivity index (χ4v) is 2.37. The molecule has 0 radical (unpaired) electrons. The quantitative estimate of drug-likeness (QED) is 0.482. The standard InChI is InChI=1S/C15H32O2/c1-2-3-10-15(11-6-4-8-13-16)12-7-5-9-14-17/h15-17H,2-14H2,1H3. The molecule has 0 heterocycles. The first kappa shape index (κ1) is 16.9. The van der Waals surface area contributed by atoms with Crippen LogP contribution in [0.4, 0.5) is 0 Å². The van der Waals surface area contributed by atoms with Gasteiger partial charge < -0.3 is 10.2 Å². The summed E-state index contributed by atoms with van der Waals surface area (Å²) >= 11 is 0. The van der Waals surface area contributed by atoms with Crippen molar-refractivity contribution in [3.05, 3.63) is 0 Å². The predicted octanol–water partition coefficient (Wildman–Crippen LogP) is 3.90. The molecule has 2 N–H and O–H groups in total. The Kier molecular flexibility index (Phi) is 13.9. The van der Waals surface area contributed by atoms with E-state index in [1.807, 2.05) is 0 Å². The van der Waals surface area contributed by atoms with E-state index in [0.29, 0.717) is 13.2 Å². The van der Waals surface area contributed by atoms with E-state index >= 15 is 0 Å². The summed E-state index contributed by atoms with van der Waals surface area (Å²) in [4.78, 5) is 0. The molecule has 17 heavy (non-hydrogen) atoms.